The Morgan fingerprint density at radius 2 is 1.80 bits per heavy atom. The lowest BCUT2D eigenvalue weighted by atomic mass is 10.1. The first-order chi connectivity index (χ1) is 11.9. The maximum Gasteiger partial charge on any atom is 0.323 e. The number of hydrogen-bond donors (Lipinski definition) is 3. The van der Waals surface area contributed by atoms with Crippen LogP contribution in [0.3, 0.4) is 0 Å². The standard InChI is InChI=1S/C17H16ClF2N3O2/c1-2-5-21-16(24)14-4-3-11(19)9-15(14)23-17(25)22-13-7-10(18)6-12(20)8-13/h3-4,6-9H,2,5H2,1H3,(H,21,24)(H2,22,23,25). The second-order valence-corrected chi connectivity index (χ2v) is 5.62. The minimum atomic E-state index is -0.767. The molecule has 0 unspecified atom stereocenters. The van der Waals surface area contributed by atoms with Crippen molar-refractivity contribution in [2.24, 2.45) is 0 Å². The van der Waals surface area contributed by atoms with Crippen molar-refractivity contribution in [3.8, 4) is 0 Å². The van der Waals surface area contributed by atoms with Crippen molar-refractivity contribution in [2.45, 2.75) is 13.3 Å². The van der Waals surface area contributed by atoms with Gasteiger partial charge in [-0.2, -0.15) is 0 Å². The minimum Gasteiger partial charge on any atom is -0.352 e. The van der Waals surface area contributed by atoms with Gasteiger partial charge in [-0.3, -0.25) is 4.79 Å². The van der Waals surface area contributed by atoms with Gasteiger partial charge in [0.1, 0.15) is 11.6 Å². The summed E-state index contributed by atoms with van der Waals surface area (Å²) in [6.07, 6.45) is 0.733. The lowest BCUT2D eigenvalue weighted by Crippen LogP contribution is -2.27. The molecular weight excluding hydrogens is 352 g/mol. The molecule has 0 saturated carbocycles. The lowest BCUT2D eigenvalue weighted by Gasteiger charge is -2.12. The van der Waals surface area contributed by atoms with Gasteiger partial charge in [-0.1, -0.05) is 18.5 Å². The van der Waals surface area contributed by atoms with Crippen LogP contribution in [0.15, 0.2) is 36.4 Å². The molecule has 0 aromatic heterocycles. The Hall–Kier alpha value is -2.67. The number of urea groups is 1. The summed E-state index contributed by atoms with van der Waals surface area (Å²) in [6, 6.07) is 6.17. The van der Waals surface area contributed by atoms with Gasteiger partial charge in [-0.25, -0.2) is 13.6 Å². The molecule has 5 nitrogen and oxygen atoms in total. The van der Waals surface area contributed by atoms with Crippen LogP contribution >= 0.6 is 11.6 Å². The fraction of sp³-hybridized carbons (Fsp3) is 0.176. The molecule has 2 aromatic rings. The fourth-order valence-electron chi connectivity index (χ4n) is 2.06. The van der Waals surface area contributed by atoms with Gasteiger partial charge in [0.25, 0.3) is 5.91 Å². The fourth-order valence-corrected chi connectivity index (χ4v) is 2.28. The first kappa shape index (κ1) is 18.7. The molecule has 0 aliphatic carbocycles. The first-order valence-electron chi connectivity index (χ1n) is 7.51. The first-order valence-corrected chi connectivity index (χ1v) is 7.88. The van der Waals surface area contributed by atoms with E-state index in [1.165, 1.54) is 12.1 Å². The molecule has 2 aromatic carbocycles. The Bertz CT molecular complexity index is 779. The van der Waals surface area contributed by atoms with Crippen molar-refractivity contribution < 1.29 is 18.4 Å². The SMILES string of the molecule is CCCNC(=O)c1ccc(F)cc1NC(=O)Nc1cc(F)cc(Cl)c1. The summed E-state index contributed by atoms with van der Waals surface area (Å²) in [5, 5.41) is 7.51. The van der Waals surface area contributed by atoms with Crippen molar-refractivity contribution in [1.29, 1.82) is 0 Å². The van der Waals surface area contributed by atoms with Crippen LogP contribution in [-0.4, -0.2) is 18.5 Å². The summed E-state index contributed by atoms with van der Waals surface area (Å²) in [5.74, 6) is -1.67. The number of carbonyl (C=O) groups excluding carboxylic acids is 2. The number of halogens is 3. The molecule has 0 aliphatic heterocycles. The zero-order chi connectivity index (χ0) is 18.4. The van der Waals surface area contributed by atoms with Crippen LogP contribution < -0.4 is 16.0 Å². The van der Waals surface area contributed by atoms with Crippen LogP contribution in [0.2, 0.25) is 5.02 Å². The normalized spacial score (nSPS) is 10.2. The number of carbonyl (C=O) groups is 2. The molecule has 0 bridgehead atoms. The predicted octanol–water partition coefficient (Wildman–Crippen LogP) is 4.40. The highest BCUT2D eigenvalue weighted by molar-refractivity contribution is 6.31. The maximum atomic E-state index is 13.5. The number of hydrogen-bond acceptors (Lipinski definition) is 2. The second kappa shape index (κ2) is 8.43. The van der Waals surface area contributed by atoms with Crippen LogP contribution in [0.4, 0.5) is 25.0 Å². The molecule has 0 saturated heterocycles. The lowest BCUT2D eigenvalue weighted by molar-refractivity contribution is 0.0954. The molecule has 0 aliphatic rings. The smallest absolute Gasteiger partial charge is 0.323 e. The van der Waals surface area contributed by atoms with Gasteiger partial charge in [0, 0.05) is 17.3 Å². The summed E-state index contributed by atoms with van der Waals surface area (Å²) in [7, 11) is 0. The van der Waals surface area contributed by atoms with Crippen LogP contribution in [0.1, 0.15) is 23.7 Å². The summed E-state index contributed by atoms with van der Waals surface area (Å²) in [5.41, 5.74) is 0.228. The Labute approximate surface area is 148 Å². The molecular formula is C17H16ClF2N3O2. The summed E-state index contributed by atoms with van der Waals surface area (Å²) >= 11 is 5.72. The van der Waals surface area contributed by atoms with E-state index in [0.29, 0.717) is 6.54 Å². The van der Waals surface area contributed by atoms with Crippen molar-refractivity contribution in [1.82, 2.24) is 5.32 Å². The predicted molar refractivity (Wildman–Crippen MR) is 93.1 cm³/mol. The Balaban J connectivity index is 2.16. The molecule has 25 heavy (non-hydrogen) atoms. The molecule has 8 heteroatoms. The average Bonchev–Trinajstić information content (AvgIpc) is 2.51. The number of benzene rings is 2. The van der Waals surface area contributed by atoms with E-state index in [-0.39, 0.29) is 22.0 Å². The number of rotatable bonds is 5. The second-order valence-electron chi connectivity index (χ2n) is 5.18. The van der Waals surface area contributed by atoms with Crippen molar-refractivity contribution in [3.05, 3.63) is 58.6 Å². The summed E-state index contributed by atoms with van der Waals surface area (Å²) < 4.78 is 26.8. The maximum absolute atomic E-state index is 13.5. The van der Waals surface area contributed by atoms with Crippen LogP contribution in [-0.2, 0) is 0 Å². The van der Waals surface area contributed by atoms with Crippen molar-refractivity contribution in [2.75, 3.05) is 17.2 Å². The van der Waals surface area contributed by atoms with E-state index in [0.717, 1.165) is 30.7 Å². The molecule has 0 heterocycles. The summed E-state index contributed by atoms with van der Waals surface area (Å²) in [4.78, 5) is 24.2. The van der Waals surface area contributed by atoms with Crippen molar-refractivity contribution >= 4 is 34.9 Å². The van der Waals surface area contributed by atoms with E-state index in [9.17, 15) is 18.4 Å². The monoisotopic (exact) mass is 367 g/mol. The molecule has 0 spiro atoms. The number of nitrogens with one attached hydrogen (secondary N) is 3. The van der Waals surface area contributed by atoms with Gasteiger partial charge in [0.2, 0.25) is 0 Å². The Kier molecular flexibility index (Phi) is 6.30. The van der Waals surface area contributed by atoms with E-state index in [1.807, 2.05) is 6.92 Å². The van der Waals surface area contributed by atoms with Gasteiger partial charge in [0.05, 0.1) is 11.3 Å². The van der Waals surface area contributed by atoms with Gasteiger partial charge >= 0.3 is 6.03 Å². The summed E-state index contributed by atoms with van der Waals surface area (Å²) in [6.45, 7) is 2.34. The van der Waals surface area contributed by atoms with Crippen LogP contribution in [0.25, 0.3) is 0 Å². The Morgan fingerprint density at radius 1 is 1.04 bits per heavy atom. The molecule has 132 valence electrons. The van der Waals surface area contributed by atoms with E-state index in [4.69, 9.17) is 11.6 Å². The molecule has 0 fully saturated rings. The van der Waals surface area contributed by atoms with Gasteiger partial charge in [-0.05, 0) is 42.8 Å². The highest BCUT2D eigenvalue weighted by Gasteiger charge is 2.14. The van der Waals surface area contributed by atoms with Crippen molar-refractivity contribution in [3.63, 3.8) is 0 Å². The quantitative estimate of drug-likeness (QED) is 0.733. The van der Waals surface area contributed by atoms with E-state index in [1.54, 1.807) is 0 Å². The zero-order valence-electron chi connectivity index (χ0n) is 13.3. The van der Waals surface area contributed by atoms with Crippen LogP contribution in [0, 0.1) is 11.6 Å². The van der Waals surface area contributed by atoms with Crippen LogP contribution in [0.5, 0.6) is 0 Å². The third kappa shape index (κ3) is 5.42. The third-order valence-electron chi connectivity index (χ3n) is 3.13. The van der Waals surface area contributed by atoms with Gasteiger partial charge in [-0.15, -0.1) is 0 Å². The molecule has 0 atom stereocenters. The average molecular weight is 368 g/mol. The third-order valence-corrected chi connectivity index (χ3v) is 3.35. The topological polar surface area (TPSA) is 70.2 Å². The largest absolute Gasteiger partial charge is 0.352 e. The van der Waals surface area contributed by atoms with Gasteiger partial charge < -0.3 is 16.0 Å². The van der Waals surface area contributed by atoms with E-state index < -0.39 is 23.6 Å². The molecule has 3 N–H and O–H groups in total. The minimum absolute atomic E-state index is 0.00592. The molecule has 3 amide bonds. The molecule has 2 rings (SSSR count). The Morgan fingerprint density at radius 3 is 2.48 bits per heavy atom. The highest BCUT2D eigenvalue weighted by Crippen LogP contribution is 2.20. The van der Waals surface area contributed by atoms with E-state index >= 15 is 0 Å². The van der Waals surface area contributed by atoms with Gasteiger partial charge in [0.15, 0.2) is 0 Å². The number of anilines is 2. The highest BCUT2D eigenvalue weighted by atomic mass is 35.5. The zero-order valence-corrected chi connectivity index (χ0v) is 14.1. The molecule has 0 radical (unpaired) electrons. The van der Waals surface area contributed by atoms with E-state index in [2.05, 4.69) is 16.0 Å². The number of amides is 3.